The molecule has 4 rings (SSSR count). The molecule has 2 aliphatic rings. The van der Waals surface area contributed by atoms with Crippen LogP contribution in [0.2, 0.25) is 0 Å². The summed E-state index contributed by atoms with van der Waals surface area (Å²) in [7, 11) is 0. The van der Waals surface area contributed by atoms with E-state index in [9.17, 15) is 27.6 Å². The van der Waals surface area contributed by atoms with E-state index in [4.69, 9.17) is 14.6 Å². The molecule has 2 N–H and O–H groups in total. The number of halogens is 3. The number of aliphatic carboxylic acids is 1. The first-order valence-electron chi connectivity index (χ1n) is 10.9. The number of benzene rings is 2. The smallest absolute Gasteiger partial charge is 0.407 e. The number of amides is 2. The minimum atomic E-state index is -4.79. The average Bonchev–Trinajstić information content (AvgIpc) is 3.38. The number of hydrogen-bond acceptors (Lipinski definition) is 5. The molecule has 0 aromatic heterocycles. The molecule has 1 aliphatic carbocycles. The summed E-state index contributed by atoms with van der Waals surface area (Å²) in [5.41, 5.74) is 4.12. The molecular formula is C24H23F3N2O6. The van der Waals surface area contributed by atoms with Gasteiger partial charge in [0.25, 0.3) is 5.91 Å². The first-order valence-corrected chi connectivity index (χ1v) is 10.9. The van der Waals surface area contributed by atoms with Gasteiger partial charge in [-0.25, -0.2) is 4.79 Å². The predicted octanol–water partition coefficient (Wildman–Crippen LogP) is 3.16. The summed E-state index contributed by atoms with van der Waals surface area (Å²) in [4.78, 5) is 36.3. The van der Waals surface area contributed by atoms with Crippen LogP contribution in [0.4, 0.5) is 18.0 Å². The fourth-order valence-corrected chi connectivity index (χ4v) is 4.54. The SMILES string of the molecule is O=C(O)CN(CC(F)(F)F)C(=O)C1OCCC1NC(=O)OCC1c2ccccc2-c2ccccc21. The summed E-state index contributed by atoms with van der Waals surface area (Å²) in [6.45, 7) is -2.85. The first kappa shape index (κ1) is 24.5. The van der Waals surface area contributed by atoms with Gasteiger partial charge in [0.05, 0.1) is 6.04 Å². The number of carbonyl (C=O) groups is 3. The highest BCUT2D eigenvalue weighted by atomic mass is 19.4. The molecule has 0 spiro atoms. The van der Waals surface area contributed by atoms with Gasteiger partial charge >= 0.3 is 18.2 Å². The number of fused-ring (bicyclic) bond motifs is 3. The summed E-state index contributed by atoms with van der Waals surface area (Å²) in [5.74, 6) is -2.95. The van der Waals surface area contributed by atoms with Crippen LogP contribution in [0.1, 0.15) is 23.5 Å². The molecule has 2 aromatic rings. The Balaban J connectivity index is 1.40. The van der Waals surface area contributed by atoms with E-state index in [0.717, 1.165) is 22.3 Å². The molecule has 0 saturated carbocycles. The third-order valence-corrected chi connectivity index (χ3v) is 5.99. The summed E-state index contributed by atoms with van der Waals surface area (Å²) in [6, 6.07) is 14.6. The quantitative estimate of drug-likeness (QED) is 0.615. The molecule has 1 aliphatic heterocycles. The van der Waals surface area contributed by atoms with Gasteiger partial charge in [0.1, 0.15) is 19.7 Å². The van der Waals surface area contributed by atoms with Crippen molar-refractivity contribution in [3.8, 4) is 11.1 Å². The van der Waals surface area contributed by atoms with E-state index < -0.39 is 49.4 Å². The van der Waals surface area contributed by atoms with Crippen LogP contribution in [-0.2, 0) is 19.1 Å². The molecule has 1 saturated heterocycles. The lowest BCUT2D eigenvalue weighted by molar-refractivity contribution is -0.171. The second-order valence-electron chi connectivity index (χ2n) is 8.36. The van der Waals surface area contributed by atoms with Crippen molar-refractivity contribution in [3.05, 3.63) is 59.7 Å². The van der Waals surface area contributed by atoms with Gasteiger partial charge in [0, 0.05) is 12.5 Å². The topological polar surface area (TPSA) is 105 Å². The van der Waals surface area contributed by atoms with Crippen LogP contribution in [-0.4, -0.2) is 72.6 Å². The molecule has 1 fully saturated rings. The van der Waals surface area contributed by atoms with E-state index in [1.54, 1.807) is 0 Å². The molecule has 0 bridgehead atoms. The van der Waals surface area contributed by atoms with Crippen LogP contribution in [0.25, 0.3) is 11.1 Å². The highest BCUT2D eigenvalue weighted by molar-refractivity contribution is 5.86. The van der Waals surface area contributed by atoms with Crippen molar-refractivity contribution in [2.75, 3.05) is 26.3 Å². The number of rotatable bonds is 7. The van der Waals surface area contributed by atoms with Gasteiger partial charge in [0.2, 0.25) is 0 Å². The fourth-order valence-electron chi connectivity index (χ4n) is 4.54. The lowest BCUT2D eigenvalue weighted by atomic mass is 9.98. The number of carboxylic acids is 1. The van der Waals surface area contributed by atoms with Gasteiger partial charge in [-0.15, -0.1) is 0 Å². The first-order chi connectivity index (χ1) is 16.6. The van der Waals surface area contributed by atoms with Gasteiger partial charge in [-0.05, 0) is 28.7 Å². The maximum Gasteiger partial charge on any atom is 0.407 e. The Hall–Kier alpha value is -3.60. The van der Waals surface area contributed by atoms with Crippen molar-refractivity contribution in [3.63, 3.8) is 0 Å². The summed E-state index contributed by atoms with van der Waals surface area (Å²) < 4.78 is 49.2. The van der Waals surface area contributed by atoms with Gasteiger partial charge in [-0.3, -0.25) is 9.59 Å². The van der Waals surface area contributed by atoms with E-state index >= 15 is 0 Å². The second-order valence-corrected chi connectivity index (χ2v) is 8.36. The van der Waals surface area contributed by atoms with Gasteiger partial charge in [-0.2, -0.15) is 13.2 Å². The van der Waals surface area contributed by atoms with Crippen LogP contribution in [0.3, 0.4) is 0 Å². The zero-order valence-electron chi connectivity index (χ0n) is 18.5. The Morgan fingerprint density at radius 2 is 1.66 bits per heavy atom. The van der Waals surface area contributed by atoms with Crippen LogP contribution in [0, 0.1) is 0 Å². The Morgan fingerprint density at radius 3 is 2.23 bits per heavy atom. The number of hydrogen-bond donors (Lipinski definition) is 2. The Labute approximate surface area is 198 Å². The summed E-state index contributed by atoms with van der Waals surface area (Å²) >= 11 is 0. The Bertz CT molecular complexity index is 1080. The minimum absolute atomic E-state index is 0.0116. The zero-order valence-corrected chi connectivity index (χ0v) is 18.5. The third kappa shape index (κ3) is 5.56. The molecule has 2 atom stereocenters. The van der Waals surface area contributed by atoms with Crippen molar-refractivity contribution in [1.82, 2.24) is 10.2 Å². The molecule has 11 heteroatoms. The maximum absolute atomic E-state index is 12.9. The molecular weight excluding hydrogens is 469 g/mol. The monoisotopic (exact) mass is 492 g/mol. The number of nitrogens with one attached hydrogen (secondary N) is 1. The molecule has 35 heavy (non-hydrogen) atoms. The lowest BCUT2D eigenvalue weighted by Crippen LogP contribution is -2.52. The second kappa shape index (κ2) is 9.95. The Kier molecular flexibility index (Phi) is 6.97. The third-order valence-electron chi connectivity index (χ3n) is 5.99. The number of carbonyl (C=O) groups excluding carboxylic acids is 2. The van der Waals surface area contributed by atoms with Gasteiger partial charge in [-0.1, -0.05) is 48.5 Å². The van der Waals surface area contributed by atoms with Crippen molar-refractivity contribution < 1.29 is 42.1 Å². The molecule has 186 valence electrons. The number of ether oxygens (including phenoxy) is 2. The van der Waals surface area contributed by atoms with E-state index in [-0.39, 0.29) is 30.5 Å². The standard InChI is InChI=1S/C24H23F3N2O6/c25-24(26,27)13-29(11-20(30)31)22(32)21-19(9-10-34-21)28-23(33)35-12-18-16-7-3-1-5-14(16)15-6-2-4-8-17(15)18/h1-8,18-19,21H,9-13H2,(H,28,33)(H,30,31). The van der Waals surface area contributed by atoms with Gasteiger partial charge in [0.15, 0.2) is 6.10 Å². The van der Waals surface area contributed by atoms with Crippen LogP contribution in [0.15, 0.2) is 48.5 Å². The highest BCUT2D eigenvalue weighted by Gasteiger charge is 2.42. The summed E-state index contributed by atoms with van der Waals surface area (Å²) in [5, 5.41) is 11.4. The molecule has 2 unspecified atom stereocenters. The van der Waals surface area contributed by atoms with E-state index in [1.807, 2.05) is 48.5 Å². The van der Waals surface area contributed by atoms with Crippen LogP contribution in [0.5, 0.6) is 0 Å². The largest absolute Gasteiger partial charge is 0.480 e. The Morgan fingerprint density at radius 1 is 1.06 bits per heavy atom. The van der Waals surface area contributed by atoms with Crippen LogP contribution >= 0.6 is 0 Å². The van der Waals surface area contributed by atoms with Crippen molar-refractivity contribution in [1.29, 1.82) is 0 Å². The van der Waals surface area contributed by atoms with Crippen LogP contribution < -0.4 is 5.32 Å². The molecule has 1 heterocycles. The number of nitrogens with zero attached hydrogens (tertiary/aromatic N) is 1. The average molecular weight is 492 g/mol. The van der Waals surface area contributed by atoms with E-state index in [1.165, 1.54) is 0 Å². The number of alkyl halides is 3. The summed E-state index contributed by atoms with van der Waals surface area (Å²) in [6.07, 6.45) is -6.93. The minimum Gasteiger partial charge on any atom is -0.480 e. The fraction of sp³-hybridized carbons (Fsp3) is 0.375. The maximum atomic E-state index is 12.9. The molecule has 2 aromatic carbocycles. The zero-order chi connectivity index (χ0) is 25.2. The van der Waals surface area contributed by atoms with Gasteiger partial charge < -0.3 is 24.8 Å². The lowest BCUT2D eigenvalue weighted by Gasteiger charge is -2.27. The van der Waals surface area contributed by atoms with Crippen molar-refractivity contribution in [2.45, 2.75) is 30.7 Å². The van der Waals surface area contributed by atoms with E-state index in [0.29, 0.717) is 0 Å². The van der Waals surface area contributed by atoms with Crippen molar-refractivity contribution >= 4 is 18.0 Å². The number of alkyl carbamates (subject to hydrolysis) is 1. The molecule has 8 nitrogen and oxygen atoms in total. The highest BCUT2D eigenvalue weighted by Crippen LogP contribution is 2.44. The molecule has 2 amide bonds. The number of carboxylic acid groups (broad SMARTS) is 1. The predicted molar refractivity (Wildman–Crippen MR) is 117 cm³/mol. The van der Waals surface area contributed by atoms with Crippen molar-refractivity contribution in [2.24, 2.45) is 0 Å². The normalized spacial score (nSPS) is 19.1. The van der Waals surface area contributed by atoms with E-state index in [2.05, 4.69) is 5.32 Å². The molecule has 0 radical (unpaired) electrons.